The molecule has 0 radical (unpaired) electrons. The van der Waals surface area contributed by atoms with Crippen molar-refractivity contribution in [3.05, 3.63) is 70.8 Å². The van der Waals surface area contributed by atoms with Crippen molar-refractivity contribution in [1.82, 2.24) is 14.8 Å². The van der Waals surface area contributed by atoms with E-state index in [-0.39, 0.29) is 11.9 Å². The zero-order valence-electron chi connectivity index (χ0n) is 22.4. The number of fused-ring (bicyclic) bond motifs is 1. The number of nitrogens with one attached hydrogen (secondary N) is 1. The molecule has 1 aromatic heterocycles. The Hall–Kier alpha value is -3.13. The van der Waals surface area contributed by atoms with Gasteiger partial charge in [0.1, 0.15) is 5.82 Å². The van der Waals surface area contributed by atoms with Gasteiger partial charge in [-0.25, -0.2) is 4.98 Å². The van der Waals surface area contributed by atoms with Crippen LogP contribution in [0.4, 0.5) is 19.0 Å². The van der Waals surface area contributed by atoms with Crippen molar-refractivity contribution in [2.75, 3.05) is 31.5 Å². The number of benzene rings is 2. The van der Waals surface area contributed by atoms with E-state index in [1.54, 1.807) is 6.07 Å². The summed E-state index contributed by atoms with van der Waals surface area (Å²) in [5.41, 5.74) is 2.42. The van der Waals surface area contributed by atoms with Gasteiger partial charge >= 0.3 is 6.18 Å². The number of hydrogen-bond donors (Lipinski definition) is 1. The van der Waals surface area contributed by atoms with Crippen molar-refractivity contribution in [1.29, 1.82) is 0 Å². The first-order valence-corrected chi connectivity index (χ1v) is 13.6. The first-order chi connectivity index (χ1) is 18.3. The molecule has 1 atom stereocenters. The van der Waals surface area contributed by atoms with Crippen LogP contribution in [0.25, 0.3) is 10.9 Å². The smallest absolute Gasteiger partial charge is 0.366 e. The summed E-state index contributed by atoms with van der Waals surface area (Å²) >= 11 is 0. The van der Waals surface area contributed by atoms with Crippen LogP contribution in [0, 0.1) is 6.92 Å². The highest BCUT2D eigenvalue weighted by molar-refractivity contribution is 6.07. The Morgan fingerprint density at radius 2 is 1.71 bits per heavy atom. The summed E-state index contributed by atoms with van der Waals surface area (Å²) in [4.78, 5) is 23.0. The second-order valence-corrected chi connectivity index (χ2v) is 9.93. The number of aromatic nitrogens is 1. The highest BCUT2D eigenvalue weighted by Gasteiger charge is 2.32. The maximum atomic E-state index is 13.9. The molecule has 2 fully saturated rings. The van der Waals surface area contributed by atoms with Gasteiger partial charge in [0.25, 0.3) is 5.91 Å². The van der Waals surface area contributed by atoms with Gasteiger partial charge in [-0.3, -0.25) is 4.79 Å². The molecule has 204 valence electrons. The SMILES string of the molecule is CC.Cc1ccc2nc(NCc3ccc(C(F)(F)F)cc3)cc(C(=O)N3CCC[C@H]3CN3CCCC3)c2c1. The fourth-order valence-corrected chi connectivity index (χ4v) is 5.32. The van der Waals surface area contributed by atoms with E-state index in [1.807, 2.05) is 43.9 Å². The molecule has 1 N–H and O–H groups in total. The standard InChI is InChI=1S/C28H31F3N4O.C2H6/c1-19-6-11-25-23(15-19)24(27(36)35-14-4-5-22(35)18-34-12-2-3-13-34)16-26(33-25)32-17-20-7-9-21(10-8-20)28(29,30)31;1-2/h6-11,15-16,22H,2-5,12-14,17-18H2,1H3,(H,32,33);1-2H3/t22-;/m0./s1. The van der Waals surface area contributed by atoms with Gasteiger partial charge in [-0.15, -0.1) is 0 Å². The third kappa shape index (κ3) is 6.46. The van der Waals surface area contributed by atoms with Crippen LogP contribution in [0.3, 0.4) is 0 Å². The molecule has 0 unspecified atom stereocenters. The summed E-state index contributed by atoms with van der Waals surface area (Å²) in [6, 6.07) is 13.0. The Kier molecular flexibility index (Phi) is 8.92. The van der Waals surface area contributed by atoms with E-state index in [4.69, 9.17) is 4.98 Å². The molecule has 2 aliphatic heterocycles. The van der Waals surface area contributed by atoms with E-state index in [9.17, 15) is 18.0 Å². The predicted octanol–water partition coefficient (Wildman–Crippen LogP) is 6.90. The largest absolute Gasteiger partial charge is 0.416 e. The highest BCUT2D eigenvalue weighted by atomic mass is 19.4. The molecule has 2 saturated heterocycles. The van der Waals surface area contributed by atoms with Crippen LogP contribution in [-0.4, -0.2) is 52.9 Å². The number of pyridine rings is 1. The van der Waals surface area contributed by atoms with Crippen LogP contribution in [0.1, 0.15) is 66.6 Å². The monoisotopic (exact) mass is 526 g/mol. The van der Waals surface area contributed by atoms with Gasteiger partial charge < -0.3 is 15.1 Å². The van der Waals surface area contributed by atoms with Crippen LogP contribution in [0.15, 0.2) is 48.5 Å². The van der Waals surface area contributed by atoms with E-state index >= 15 is 0 Å². The maximum absolute atomic E-state index is 13.9. The molecule has 0 bridgehead atoms. The van der Waals surface area contributed by atoms with Gasteiger partial charge in [0, 0.05) is 31.1 Å². The molecular weight excluding hydrogens is 489 g/mol. The number of rotatable bonds is 6. The molecule has 3 heterocycles. The number of anilines is 1. The molecule has 5 nitrogen and oxygen atoms in total. The molecule has 2 aromatic carbocycles. The highest BCUT2D eigenvalue weighted by Crippen LogP contribution is 2.30. The molecule has 8 heteroatoms. The van der Waals surface area contributed by atoms with Crippen LogP contribution in [0.5, 0.6) is 0 Å². The summed E-state index contributed by atoms with van der Waals surface area (Å²) < 4.78 is 38.6. The van der Waals surface area contributed by atoms with Crippen LogP contribution < -0.4 is 5.32 Å². The zero-order valence-corrected chi connectivity index (χ0v) is 22.4. The minimum Gasteiger partial charge on any atom is -0.366 e. The van der Waals surface area contributed by atoms with E-state index in [2.05, 4.69) is 10.2 Å². The number of likely N-dealkylation sites (tertiary alicyclic amines) is 2. The topological polar surface area (TPSA) is 48.5 Å². The lowest BCUT2D eigenvalue weighted by Gasteiger charge is -2.29. The van der Waals surface area contributed by atoms with E-state index in [0.29, 0.717) is 23.5 Å². The minimum atomic E-state index is -4.36. The number of carbonyl (C=O) groups is 1. The quantitative estimate of drug-likeness (QED) is 0.380. The molecule has 1 amide bonds. The zero-order chi connectivity index (χ0) is 27.3. The molecule has 38 heavy (non-hydrogen) atoms. The molecule has 2 aliphatic rings. The summed E-state index contributed by atoms with van der Waals surface area (Å²) in [5.74, 6) is 0.553. The number of aryl methyl sites for hydroxylation is 1. The third-order valence-corrected chi connectivity index (χ3v) is 7.26. The number of halogens is 3. The molecular formula is C30H37F3N4O. The number of nitrogens with zero attached hydrogens (tertiary/aromatic N) is 3. The average Bonchev–Trinajstić information content (AvgIpc) is 3.60. The van der Waals surface area contributed by atoms with Crippen LogP contribution >= 0.6 is 0 Å². The van der Waals surface area contributed by atoms with Crippen molar-refractivity contribution in [2.24, 2.45) is 0 Å². The fraction of sp³-hybridized carbons (Fsp3) is 0.467. The van der Waals surface area contributed by atoms with Gasteiger partial charge in [0.05, 0.1) is 16.6 Å². The van der Waals surface area contributed by atoms with Crippen molar-refractivity contribution < 1.29 is 18.0 Å². The normalized spacial score (nSPS) is 17.9. The first kappa shape index (κ1) is 27.9. The molecule has 0 saturated carbocycles. The third-order valence-electron chi connectivity index (χ3n) is 7.26. The van der Waals surface area contributed by atoms with Crippen molar-refractivity contribution in [3.63, 3.8) is 0 Å². The summed E-state index contributed by atoms with van der Waals surface area (Å²) in [5, 5.41) is 4.04. The molecule has 0 spiro atoms. The Morgan fingerprint density at radius 1 is 1.00 bits per heavy atom. The van der Waals surface area contributed by atoms with E-state index in [0.717, 1.165) is 67.6 Å². The molecule has 5 rings (SSSR count). The van der Waals surface area contributed by atoms with Gasteiger partial charge in [0.15, 0.2) is 0 Å². The Balaban J connectivity index is 0.00000164. The van der Waals surface area contributed by atoms with Crippen molar-refractivity contribution in [2.45, 2.75) is 65.2 Å². The summed E-state index contributed by atoms with van der Waals surface area (Å²) in [7, 11) is 0. The maximum Gasteiger partial charge on any atom is 0.416 e. The second kappa shape index (κ2) is 12.2. The summed E-state index contributed by atoms with van der Waals surface area (Å²) in [6.45, 7) is 10.2. The summed E-state index contributed by atoms with van der Waals surface area (Å²) in [6.07, 6.45) is 0.113. The van der Waals surface area contributed by atoms with Gasteiger partial charge in [-0.2, -0.15) is 13.2 Å². The number of amides is 1. The Labute approximate surface area is 223 Å². The van der Waals surface area contributed by atoms with E-state index in [1.165, 1.54) is 25.0 Å². The molecule has 3 aromatic rings. The fourth-order valence-electron chi connectivity index (χ4n) is 5.32. The first-order valence-electron chi connectivity index (χ1n) is 13.6. The predicted molar refractivity (Wildman–Crippen MR) is 146 cm³/mol. The van der Waals surface area contributed by atoms with Crippen LogP contribution in [0.2, 0.25) is 0 Å². The Morgan fingerprint density at radius 3 is 2.39 bits per heavy atom. The second-order valence-electron chi connectivity index (χ2n) is 9.93. The lowest BCUT2D eigenvalue weighted by Crippen LogP contribution is -2.42. The van der Waals surface area contributed by atoms with Gasteiger partial charge in [0.2, 0.25) is 0 Å². The molecule has 0 aliphatic carbocycles. The minimum absolute atomic E-state index is 0.0206. The lowest BCUT2D eigenvalue weighted by atomic mass is 10.0. The average molecular weight is 527 g/mol. The number of carbonyl (C=O) groups excluding carboxylic acids is 1. The Bertz CT molecular complexity index is 1240. The lowest BCUT2D eigenvalue weighted by molar-refractivity contribution is -0.137. The van der Waals surface area contributed by atoms with E-state index < -0.39 is 11.7 Å². The van der Waals surface area contributed by atoms with Gasteiger partial charge in [-0.05, 0) is 81.6 Å². The van der Waals surface area contributed by atoms with Crippen molar-refractivity contribution in [3.8, 4) is 0 Å². The van der Waals surface area contributed by atoms with Crippen molar-refractivity contribution >= 4 is 22.6 Å². The van der Waals surface area contributed by atoms with Gasteiger partial charge in [-0.1, -0.05) is 37.6 Å². The number of hydrogen-bond acceptors (Lipinski definition) is 4. The van der Waals surface area contributed by atoms with Crippen LogP contribution in [-0.2, 0) is 12.7 Å². The number of alkyl halides is 3.